The van der Waals surface area contributed by atoms with Crippen molar-refractivity contribution in [2.45, 2.75) is 38.6 Å². The van der Waals surface area contributed by atoms with E-state index >= 15 is 0 Å². The number of nitrogens with two attached hydrogens (primary N) is 1. The molecule has 0 bridgehead atoms. The van der Waals surface area contributed by atoms with Gasteiger partial charge in [-0.05, 0) is 31.2 Å². The molecule has 1 aliphatic carbocycles. The van der Waals surface area contributed by atoms with Gasteiger partial charge in [0.25, 0.3) is 0 Å². The summed E-state index contributed by atoms with van der Waals surface area (Å²) in [5.74, 6) is 0.124. The van der Waals surface area contributed by atoms with Crippen LogP contribution in [0.3, 0.4) is 0 Å². The molecule has 1 saturated carbocycles. The van der Waals surface area contributed by atoms with E-state index in [-0.39, 0.29) is 11.3 Å². The smallest absolute Gasteiger partial charge is 0.220 e. The Morgan fingerprint density at radius 2 is 2.33 bits per heavy atom. The third-order valence-electron chi connectivity index (χ3n) is 3.74. The van der Waals surface area contributed by atoms with Crippen LogP contribution in [-0.2, 0) is 11.3 Å². The van der Waals surface area contributed by atoms with E-state index in [9.17, 15) is 4.79 Å². The lowest BCUT2D eigenvalue weighted by atomic mass is 9.66. The van der Waals surface area contributed by atoms with Crippen LogP contribution in [0, 0.1) is 5.41 Å². The van der Waals surface area contributed by atoms with Crippen LogP contribution in [0.4, 0.5) is 0 Å². The summed E-state index contributed by atoms with van der Waals surface area (Å²) in [4.78, 5) is 11.8. The van der Waals surface area contributed by atoms with Crippen molar-refractivity contribution in [1.82, 2.24) is 20.3 Å². The Bertz CT molecular complexity index is 366. The van der Waals surface area contributed by atoms with Crippen LogP contribution in [0.25, 0.3) is 0 Å². The van der Waals surface area contributed by atoms with Crippen LogP contribution in [0.5, 0.6) is 0 Å². The summed E-state index contributed by atoms with van der Waals surface area (Å²) in [5.41, 5.74) is 5.83. The van der Waals surface area contributed by atoms with Gasteiger partial charge in [0, 0.05) is 25.7 Å². The SMILES string of the molecule is NCC1(CC(=O)NCCCn2ccnn2)CCC1. The van der Waals surface area contributed by atoms with Crippen LogP contribution >= 0.6 is 0 Å². The molecule has 1 aliphatic rings. The van der Waals surface area contributed by atoms with E-state index in [0.717, 1.165) is 25.8 Å². The summed E-state index contributed by atoms with van der Waals surface area (Å²) in [7, 11) is 0. The predicted molar refractivity (Wildman–Crippen MR) is 67.6 cm³/mol. The molecular formula is C12H21N5O. The molecule has 0 saturated heterocycles. The van der Waals surface area contributed by atoms with E-state index in [0.29, 0.717) is 19.5 Å². The molecule has 0 aromatic carbocycles. The highest BCUT2D eigenvalue weighted by atomic mass is 16.1. The zero-order valence-electron chi connectivity index (χ0n) is 10.6. The van der Waals surface area contributed by atoms with Gasteiger partial charge >= 0.3 is 0 Å². The summed E-state index contributed by atoms with van der Waals surface area (Å²) in [5, 5.41) is 10.5. The van der Waals surface area contributed by atoms with Crippen molar-refractivity contribution in [2.24, 2.45) is 11.1 Å². The molecule has 1 amide bonds. The molecule has 6 heteroatoms. The molecule has 18 heavy (non-hydrogen) atoms. The second kappa shape index (κ2) is 5.95. The number of aryl methyl sites for hydroxylation is 1. The number of hydrogen-bond acceptors (Lipinski definition) is 4. The Hall–Kier alpha value is -1.43. The highest BCUT2D eigenvalue weighted by molar-refractivity contribution is 5.76. The molecule has 100 valence electrons. The average Bonchev–Trinajstić information content (AvgIpc) is 2.82. The lowest BCUT2D eigenvalue weighted by molar-refractivity contribution is -0.124. The molecule has 1 aromatic rings. The number of nitrogens with one attached hydrogen (secondary N) is 1. The van der Waals surface area contributed by atoms with Crippen LogP contribution < -0.4 is 11.1 Å². The minimum atomic E-state index is 0.0932. The highest BCUT2D eigenvalue weighted by Crippen LogP contribution is 2.42. The molecule has 3 N–H and O–H groups in total. The number of nitrogens with zero attached hydrogens (tertiary/aromatic N) is 3. The third kappa shape index (κ3) is 3.29. The first-order valence-corrected chi connectivity index (χ1v) is 6.55. The molecule has 0 aliphatic heterocycles. The fourth-order valence-corrected chi connectivity index (χ4v) is 2.35. The van der Waals surface area contributed by atoms with Crippen molar-refractivity contribution in [3.63, 3.8) is 0 Å². The van der Waals surface area contributed by atoms with Crippen molar-refractivity contribution >= 4 is 5.91 Å². The lowest BCUT2D eigenvalue weighted by Gasteiger charge is -2.40. The molecule has 1 heterocycles. The van der Waals surface area contributed by atoms with Crippen LogP contribution in [0.1, 0.15) is 32.1 Å². The van der Waals surface area contributed by atoms with Crippen molar-refractivity contribution in [2.75, 3.05) is 13.1 Å². The molecule has 6 nitrogen and oxygen atoms in total. The van der Waals surface area contributed by atoms with E-state index < -0.39 is 0 Å². The molecular weight excluding hydrogens is 230 g/mol. The van der Waals surface area contributed by atoms with E-state index in [2.05, 4.69) is 15.6 Å². The van der Waals surface area contributed by atoms with Gasteiger partial charge in [-0.2, -0.15) is 0 Å². The van der Waals surface area contributed by atoms with Crippen LogP contribution in [0.15, 0.2) is 12.4 Å². The van der Waals surface area contributed by atoms with Gasteiger partial charge < -0.3 is 11.1 Å². The summed E-state index contributed by atoms with van der Waals surface area (Å²) in [6.07, 6.45) is 8.31. The third-order valence-corrected chi connectivity index (χ3v) is 3.74. The fraction of sp³-hybridized carbons (Fsp3) is 0.750. The highest BCUT2D eigenvalue weighted by Gasteiger charge is 2.37. The normalized spacial score (nSPS) is 17.2. The standard InChI is InChI=1S/C12H21N5O/c13-10-12(3-1-4-12)9-11(18)14-5-2-7-17-8-6-15-16-17/h6,8H,1-5,7,9-10,13H2,(H,14,18). The van der Waals surface area contributed by atoms with Gasteiger partial charge in [0.15, 0.2) is 0 Å². The second-order valence-electron chi connectivity index (χ2n) is 5.10. The molecule has 0 unspecified atom stereocenters. The summed E-state index contributed by atoms with van der Waals surface area (Å²) in [6, 6.07) is 0. The first-order valence-electron chi connectivity index (χ1n) is 6.55. The number of rotatable bonds is 7. The monoisotopic (exact) mass is 251 g/mol. The molecule has 2 rings (SSSR count). The maximum absolute atomic E-state index is 11.8. The minimum absolute atomic E-state index is 0.0932. The summed E-state index contributed by atoms with van der Waals surface area (Å²) >= 11 is 0. The largest absolute Gasteiger partial charge is 0.356 e. The average molecular weight is 251 g/mol. The summed E-state index contributed by atoms with van der Waals surface area (Å²) < 4.78 is 1.76. The maximum Gasteiger partial charge on any atom is 0.220 e. The Kier molecular flexibility index (Phi) is 4.30. The zero-order chi connectivity index (χ0) is 12.8. The van der Waals surface area contributed by atoms with Crippen molar-refractivity contribution in [3.8, 4) is 0 Å². The second-order valence-corrected chi connectivity index (χ2v) is 5.10. The number of carbonyl (C=O) groups is 1. The molecule has 0 spiro atoms. The number of amides is 1. The van der Waals surface area contributed by atoms with Gasteiger partial charge in [-0.25, -0.2) is 0 Å². The van der Waals surface area contributed by atoms with E-state index in [1.807, 2.05) is 6.20 Å². The fourth-order valence-electron chi connectivity index (χ4n) is 2.35. The number of carbonyl (C=O) groups excluding carboxylic acids is 1. The quantitative estimate of drug-likeness (QED) is 0.683. The summed E-state index contributed by atoms with van der Waals surface area (Å²) in [6.45, 7) is 2.08. The predicted octanol–water partition coefficient (Wildman–Crippen LogP) is 0.303. The van der Waals surface area contributed by atoms with Gasteiger partial charge in [0.05, 0.1) is 6.20 Å². The molecule has 0 atom stereocenters. The maximum atomic E-state index is 11.8. The minimum Gasteiger partial charge on any atom is -0.356 e. The van der Waals surface area contributed by atoms with E-state index in [4.69, 9.17) is 5.73 Å². The van der Waals surface area contributed by atoms with Crippen LogP contribution in [0.2, 0.25) is 0 Å². The Labute approximate surface area is 107 Å². The number of aromatic nitrogens is 3. The molecule has 1 aromatic heterocycles. The first kappa shape index (κ1) is 13.0. The lowest BCUT2D eigenvalue weighted by Crippen LogP contribution is -2.42. The van der Waals surface area contributed by atoms with Crippen molar-refractivity contribution in [3.05, 3.63) is 12.4 Å². The van der Waals surface area contributed by atoms with Crippen molar-refractivity contribution in [1.29, 1.82) is 0 Å². The molecule has 0 radical (unpaired) electrons. The topological polar surface area (TPSA) is 85.8 Å². The molecule has 1 fully saturated rings. The van der Waals surface area contributed by atoms with Gasteiger partial charge in [-0.1, -0.05) is 11.6 Å². The van der Waals surface area contributed by atoms with Gasteiger partial charge in [0.1, 0.15) is 0 Å². The van der Waals surface area contributed by atoms with E-state index in [1.165, 1.54) is 6.42 Å². The Morgan fingerprint density at radius 3 is 2.89 bits per heavy atom. The van der Waals surface area contributed by atoms with E-state index in [1.54, 1.807) is 10.9 Å². The van der Waals surface area contributed by atoms with Gasteiger partial charge in [-0.15, -0.1) is 5.10 Å². The first-order chi connectivity index (χ1) is 8.74. The Balaban J connectivity index is 1.60. The van der Waals surface area contributed by atoms with Gasteiger partial charge in [-0.3, -0.25) is 9.48 Å². The van der Waals surface area contributed by atoms with Gasteiger partial charge in [0.2, 0.25) is 5.91 Å². The Morgan fingerprint density at radius 1 is 1.50 bits per heavy atom. The number of hydrogen-bond donors (Lipinski definition) is 2. The van der Waals surface area contributed by atoms with Crippen LogP contribution in [-0.4, -0.2) is 34.0 Å². The van der Waals surface area contributed by atoms with Crippen molar-refractivity contribution < 1.29 is 4.79 Å². The zero-order valence-corrected chi connectivity index (χ0v) is 10.6.